The summed E-state index contributed by atoms with van der Waals surface area (Å²) in [5.41, 5.74) is 3.30. The van der Waals surface area contributed by atoms with Crippen LogP contribution in [0, 0.1) is 11.3 Å². The molecule has 0 radical (unpaired) electrons. The molecule has 0 fully saturated rings. The van der Waals surface area contributed by atoms with E-state index in [0.29, 0.717) is 23.0 Å². The second-order valence-electron chi connectivity index (χ2n) is 6.50. The van der Waals surface area contributed by atoms with E-state index >= 15 is 0 Å². The zero-order valence-corrected chi connectivity index (χ0v) is 16.5. The molecule has 6 heteroatoms. The fourth-order valence-corrected chi connectivity index (χ4v) is 4.13. The van der Waals surface area contributed by atoms with Gasteiger partial charge in [0, 0.05) is 28.9 Å². The van der Waals surface area contributed by atoms with Crippen molar-refractivity contribution >= 4 is 21.6 Å². The first-order valence-corrected chi connectivity index (χ1v) is 10.1. The fourth-order valence-electron chi connectivity index (χ4n) is 3.19. The van der Waals surface area contributed by atoms with Crippen molar-refractivity contribution in [2.45, 2.75) is 0 Å². The summed E-state index contributed by atoms with van der Waals surface area (Å²) in [5, 5.41) is 12.4. The number of nitriles is 1. The third-order valence-corrected chi connectivity index (χ3v) is 5.49. The first-order valence-electron chi connectivity index (χ1n) is 9.25. The molecule has 0 aliphatic carbocycles. The summed E-state index contributed by atoms with van der Waals surface area (Å²) in [4.78, 5) is 14.5. The Hall–Kier alpha value is -4.08. The van der Waals surface area contributed by atoms with Crippen molar-refractivity contribution in [1.29, 1.82) is 5.26 Å². The highest BCUT2D eigenvalue weighted by molar-refractivity contribution is 7.17. The van der Waals surface area contributed by atoms with Gasteiger partial charge < -0.3 is 4.74 Å². The molecule has 0 bridgehead atoms. The zero-order valence-electron chi connectivity index (χ0n) is 15.7. The van der Waals surface area contributed by atoms with E-state index in [9.17, 15) is 5.26 Å². The lowest BCUT2D eigenvalue weighted by molar-refractivity contribution is 0.467. The van der Waals surface area contributed by atoms with Gasteiger partial charge in [-0.05, 0) is 29.8 Å². The van der Waals surface area contributed by atoms with Crippen molar-refractivity contribution in [3.8, 4) is 40.2 Å². The summed E-state index contributed by atoms with van der Waals surface area (Å²) < 4.78 is 6.21. The number of hydrogen-bond donors (Lipinski definition) is 0. The normalized spacial score (nSPS) is 10.6. The first kappa shape index (κ1) is 18.0. The van der Waals surface area contributed by atoms with Crippen LogP contribution in [0.1, 0.15) is 5.56 Å². The number of hydrogen-bond acceptors (Lipinski definition) is 6. The molecule has 5 aromatic rings. The van der Waals surface area contributed by atoms with Crippen molar-refractivity contribution in [1.82, 2.24) is 15.0 Å². The Kier molecular flexibility index (Phi) is 4.64. The maximum absolute atomic E-state index is 9.47. The number of para-hydroxylation sites is 1. The lowest BCUT2D eigenvalue weighted by atomic mass is 10.1. The van der Waals surface area contributed by atoms with Crippen LogP contribution in [0.25, 0.3) is 32.7 Å². The molecule has 0 saturated heterocycles. The summed E-state index contributed by atoms with van der Waals surface area (Å²) in [6.07, 6.45) is 3.43. The van der Waals surface area contributed by atoms with Gasteiger partial charge in [-0.25, -0.2) is 4.98 Å². The molecule has 0 unspecified atom stereocenters. The fraction of sp³-hybridized carbons (Fsp3) is 0. The van der Waals surface area contributed by atoms with Crippen LogP contribution in [-0.2, 0) is 0 Å². The molecule has 0 atom stereocenters. The Balaban J connectivity index is 1.74. The zero-order chi connectivity index (χ0) is 20.3. The maximum atomic E-state index is 9.47. The van der Waals surface area contributed by atoms with E-state index in [1.54, 1.807) is 24.5 Å². The maximum Gasteiger partial charge on any atom is 0.232 e. The van der Waals surface area contributed by atoms with Gasteiger partial charge in [0.15, 0.2) is 5.82 Å². The van der Waals surface area contributed by atoms with E-state index in [1.807, 2.05) is 54.6 Å². The highest BCUT2D eigenvalue weighted by atomic mass is 32.1. The van der Waals surface area contributed by atoms with E-state index < -0.39 is 0 Å². The van der Waals surface area contributed by atoms with E-state index in [-0.39, 0.29) is 0 Å². The van der Waals surface area contributed by atoms with Gasteiger partial charge in [-0.15, -0.1) is 11.3 Å². The van der Waals surface area contributed by atoms with Crippen LogP contribution in [0.4, 0.5) is 0 Å². The molecular weight excluding hydrogens is 392 g/mol. The number of thiophene rings is 1. The molecule has 0 spiro atoms. The smallest absolute Gasteiger partial charge is 0.232 e. The first-order chi connectivity index (χ1) is 14.8. The SMILES string of the molecule is N#Cc1ccccc1Oc1nc(-c2cccnc2)nc2scc(-c3ccccc3)c12. The average Bonchev–Trinajstić information content (AvgIpc) is 3.25. The molecule has 5 nitrogen and oxygen atoms in total. The van der Waals surface area contributed by atoms with Crippen molar-refractivity contribution in [2.24, 2.45) is 0 Å². The standard InChI is InChI=1S/C24H14N4OS/c25-13-17-9-4-5-11-20(17)29-23-21-19(16-7-2-1-3-8-16)15-30-24(21)28-22(27-23)18-10-6-12-26-14-18/h1-12,14-15H. The van der Waals surface area contributed by atoms with Gasteiger partial charge in [0.05, 0.1) is 10.9 Å². The number of aromatic nitrogens is 3. The Morgan fingerprint density at radius 1 is 0.867 bits per heavy atom. The quantitative estimate of drug-likeness (QED) is 0.361. The van der Waals surface area contributed by atoms with Gasteiger partial charge in [0.1, 0.15) is 16.6 Å². The van der Waals surface area contributed by atoms with Crippen LogP contribution >= 0.6 is 11.3 Å². The van der Waals surface area contributed by atoms with Gasteiger partial charge in [-0.3, -0.25) is 4.98 Å². The molecule has 5 rings (SSSR count). The van der Waals surface area contributed by atoms with Gasteiger partial charge >= 0.3 is 0 Å². The van der Waals surface area contributed by atoms with Crippen molar-refractivity contribution < 1.29 is 4.74 Å². The van der Waals surface area contributed by atoms with E-state index in [2.05, 4.69) is 16.4 Å². The van der Waals surface area contributed by atoms with Crippen molar-refractivity contribution in [3.63, 3.8) is 0 Å². The Morgan fingerprint density at radius 2 is 1.67 bits per heavy atom. The molecule has 0 N–H and O–H groups in total. The van der Waals surface area contributed by atoms with E-state index in [4.69, 9.17) is 14.7 Å². The molecule has 30 heavy (non-hydrogen) atoms. The topological polar surface area (TPSA) is 71.7 Å². The lowest BCUT2D eigenvalue weighted by Gasteiger charge is -2.11. The summed E-state index contributed by atoms with van der Waals surface area (Å²) in [6.45, 7) is 0. The average molecular weight is 406 g/mol. The minimum Gasteiger partial charge on any atom is -0.437 e. The van der Waals surface area contributed by atoms with Gasteiger partial charge in [-0.1, -0.05) is 42.5 Å². The number of fused-ring (bicyclic) bond motifs is 1. The minimum atomic E-state index is 0.418. The molecule has 142 valence electrons. The summed E-state index contributed by atoms with van der Waals surface area (Å²) >= 11 is 1.54. The number of ether oxygens (including phenoxy) is 1. The van der Waals surface area contributed by atoms with Crippen LogP contribution in [0.5, 0.6) is 11.6 Å². The summed E-state index contributed by atoms with van der Waals surface area (Å²) in [5.74, 6) is 1.41. The highest BCUT2D eigenvalue weighted by Gasteiger charge is 2.19. The number of nitrogens with zero attached hydrogens (tertiary/aromatic N) is 4. The number of benzene rings is 2. The molecule has 0 saturated carbocycles. The van der Waals surface area contributed by atoms with Crippen LogP contribution < -0.4 is 4.74 Å². The molecule has 3 aromatic heterocycles. The second kappa shape index (κ2) is 7.74. The predicted octanol–water partition coefficient (Wildman–Crippen LogP) is 6.08. The predicted molar refractivity (Wildman–Crippen MR) is 117 cm³/mol. The van der Waals surface area contributed by atoms with Gasteiger partial charge in [-0.2, -0.15) is 10.2 Å². The van der Waals surface area contributed by atoms with Crippen LogP contribution in [0.3, 0.4) is 0 Å². The summed E-state index contributed by atoms with van der Waals surface area (Å²) in [7, 11) is 0. The molecule has 0 aliphatic heterocycles. The van der Waals surface area contributed by atoms with Crippen LogP contribution in [0.15, 0.2) is 84.5 Å². The Bertz CT molecular complexity index is 1380. The van der Waals surface area contributed by atoms with E-state index in [1.165, 1.54) is 11.3 Å². The number of pyridine rings is 1. The van der Waals surface area contributed by atoms with Crippen molar-refractivity contribution in [3.05, 3.63) is 90.1 Å². The van der Waals surface area contributed by atoms with E-state index in [0.717, 1.165) is 26.9 Å². The number of rotatable bonds is 4. The minimum absolute atomic E-state index is 0.418. The van der Waals surface area contributed by atoms with Gasteiger partial charge in [0.25, 0.3) is 0 Å². The summed E-state index contributed by atoms with van der Waals surface area (Å²) in [6, 6.07) is 23.1. The molecule has 2 aromatic carbocycles. The van der Waals surface area contributed by atoms with Crippen LogP contribution in [-0.4, -0.2) is 15.0 Å². The van der Waals surface area contributed by atoms with Crippen LogP contribution in [0.2, 0.25) is 0 Å². The largest absolute Gasteiger partial charge is 0.437 e. The lowest BCUT2D eigenvalue weighted by Crippen LogP contribution is -1.96. The molecule has 0 aliphatic rings. The van der Waals surface area contributed by atoms with Crippen molar-refractivity contribution in [2.75, 3.05) is 0 Å². The second-order valence-corrected chi connectivity index (χ2v) is 7.36. The molecule has 0 amide bonds. The highest BCUT2D eigenvalue weighted by Crippen LogP contribution is 2.40. The Labute approximate surface area is 176 Å². The van der Waals surface area contributed by atoms with Gasteiger partial charge in [0.2, 0.25) is 5.88 Å². The monoisotopic (exact) mass is 406 g/mol. The molecule has 3 heterocycles. The third kappa shape index (κ3) is 3.28. The third-order valence-electron chi connectivity index (χ3n) is 4.62. The molecular formula is C24H14N4OS. The Morgan fingerprint density at radius 3 is 2.47 bits per heavy atom.